The molecule has 0 N–H and O–H groups in total. The third-order valence-corrected chi connectivity index (χ3v) is 13.1. The van der Waals surface area contributed by atoms with Crippen molar-refractivity contribution in [3.8, 4) is 22.3 Å². The van der Waals surface area contributed by atoms with Gasteiger partial charge in [-0.15, -0.1) is 22.7 Å². The molecule has 0 amide bonds. The van der Waals surface area contributed by atoms with Gasteiger partial charge in [-0.05, 0) is 69.9 Å². The molecular formula is C50H31NS2. The topological polar surface area (TPSA) is 3.24 Å². The molecule has 0 aliphatic carbocycles. The van der Waals surface area contributed by atoms with Crippen LogP contribution in [-0.4, -0.2) is 0 Å². The molecule has 0 unspecified atom stereocenters. The Hall–Kier alpha value is -6.26. The molecule has 0 saturated carbocycles. The molecule has 11 rings (SSSR count). The van der Waals surface area contributed by atoms with Crippen molar-refractivity contribution in [2.75, 3.05) is 4.90 Å². The normalized spacial score (nSPS) is 11.8. The monoisotopic (exact) mass is 709 g/mol. The van der Waals surface area contributed by atoms with E-state index in [1.54, 1.807) is 0 Å². The van der Waals surface area contributed by atoms with Gasteiger partial charge in [0.25, 0.3) is 0 Å². The van der Waals surface area contributed by atoms with Crippen LogP contribution >= 0.6 is 22.7 Å². The van der Waals surface area contributed by atoms with Crippen molar-refractivity contribution >= 4 is 102 Å². The smallest absolute Gasteiger partial charge is 0.0555 e. The molecule has 3 heteroatoms. The molecule has 0 aliphatic heterocycles. The highest BCUT2D eigenvalue weighted by atomic mass is 32.1. The zero-order valence-electron chi connectivity index (χ0n) is 28.7. The maximum atomic E-state index is 2.49. The van der Waals surface area contributed by atoms with Gasteiger partial charge in [0.15, 0.2) is 0 Å². The van der Waals surface area contributed by atoms with Gasteiger partial charge in [-0.3, -0.25) is 0 Å². The molecule has 0 radical (unpaired) electrons. The molecule has 0 fully saturated rings. The lowest BCUT2D eigenvalue weighted by atomic mass is 9.91. The van der Waals surface area contributed by atoms with E-state index in [2.05, 4.69) is 193 Å². The van der Waals surface area contributed by atoms with Crippen LogP contribution in [0, 0.1) is 0 Å². The molecule has 1 nitrogen and oxygen atoms in total. The first-order valence-electron chi connectivity index (χ1n) is 18.0. The quantitative estimate of drug-likeness (QED) is 0.172. The van der Waals surface area contributed by atoms with Crippen molar-refractivity contribution in [2.45, 2.75) is 0 Å². The van der Waals surface area contributed by atoms with E-state index < -0.39 is 0 Å². The fourth-order valence-electron chi connectivity index (χ4n) is 8.33. The van der Waals surface area contributed by atoms with Crippen LogP contribution in [-0.2, 0) is 0 Å². The molecule has 0 saturated heterocycles. The molecule has 2 heterocycles. The number of hydrogen-bond donors (Lipinski definition) is 0. The number of nitrogens with zero attached hydrogens (tertiary/aromatic N) is 1. The summed E-state index contributed by atoms with van der Waals surface area (Å²) in [4.78, 5) is 2.46. The highest BCUT2D eigenvalue weighted by Gasteiger charge is 2.23. The fraction of sp³-hybridized carbons (Fsp3) is 0. The largest absolute Gasteiger partial charge is 0.309 e. The molecule has 0 spiro atoms. The summed E-state index contributed by atoms with van der Waals surface area (Å²) in [6, 6.07) is 69.0. The molecule has 2 aromatic heterocycles. The first kappa shape index (κ1) is 30.4. The second kappa shape index (κ2) is 12.2. The lowest BCUT2D eigenvalue weighted by Gasteiger charge is -2.27. The van der Waals surface area contributed by atoms with Gasteiger partial charge in [0.05, 0.1) is 11.4 Å². The second-order valence-corrected chi connectivity index (χ2v) is 15.7. The van der Waals surface area contributed by atoms with E-state index in [9.17, 15) is 0 Å². The van der Waals surface area contributed by atoms with Crippen LogP contribution in [0.2, 0.25) is 0 Å². The highest BCUT2D eigenvalue weighted by Crippen LogP contribution is 2.51. The summed E-state index contributed by atoms with van der Waals surface area (Å²) in [5.74, 6) is 0. The zero-order chi connectivity index (χ0) is 34.9. The van der Waals surface area contributed by atoms with Crippen molar-refractivity contribution in [1.82, 2.24) is 0 Å². The van der Waals surface area contributed by atoms with E-state index >= 15 is 0 Å². The van der Waals surface area contributed by atoms with Crippen molar-refractivity contribution in [3.63, 3.8) is 0 Å². The molecule has 53 heavy (non-hydrogen) atoms. The van der Waals surface area contributed by atoms with Gasteiger partial charge in [0, 0.05) is 62.4 Å². The molecule has 0 bridgehead atoms. The van der Waals surface area contributed by atoms with Crippen molar-refractivity contribution in [1.29, 1.82) is 0 Å². The number of anilines is 3. The van der Waals surface area contributed by atoms with E-state index in [0.29, 0.717) is 0 Å². The Balaban J connectivity index is 1.24. The van der Waals surface area contributed by atoms with E-state index in [4.69, 9.17) is 0 Å². The minimum atomic E-state index is 1.14. The van der Waals surface area contributed by atoms with Gasteiger partial charge in [-0.1, -0.05) is 146 Å². The summed E-state index contributed by atoms with van der Waals surface area (Å²) in [5, 5.41) is 10.3. The summed E-state index contributed by atoms with van der Waals surface area (Å²) < 4.78 is 5.26. The number of fused-ring (bicyclic) bond motifs is 9. The SMILES string of the molecule is c1ccc(-c2ccc(-c3cc4c(sc5cccc(N(c6ccccc6)c6cccc7ccccc67)c54)c4ccccc34)c3sc4ccccc4c23)cc1. The van der Waals surface area contributed by atoms with Crippen LogP contribution in [0.1, 0.15) is 0 Å². The number of hydrogen-bond acceptors (Lipinski definition) is 3. The van der Waals surface area contributed by atoms with Crippen molar-refractivity contribution < 1.29 is 0 Å². The van der Waals surface area contributed by atoms with Gasteiger partial charge < -0.3 is 4.90 Å². The molecule has 248 valence electrons. The molecule has 0 aliphatic rings. The highest BCUT2D eigenvalue weighted by molar-refractivity contribution is 7.27. The Morgan fingerprint density at radius 3 is 1.79 bits per heavy atom. The molecular weight excluding hydrogens is 679 g/mol. The van der Waals surface area contributed by atoms with Crippen LogP contribution in [0.15, 0.2) is 188 Å². The predicted molar refractivity (Wildman–Crippen MR) is 233 cm³/mol. The van der Waals surface area contributed by atoms with E-state index in [-0.39, 0.29) is 0 Å². The standard InChI is InChI=1S/C50H31NS2/c1-3-15-33(16-4-1)36-29-30-39(50-47(36)40-24-11-12-27-45(40)52-50)41-31-42-48-44(26-14-28-46(48)53-49(42)38-23-10-9-22-37(38)41)51(34-19-5-2-6-20-34)43-25-13-18-32-17-7-8-21-35(32)43/h1-31H. The minimum Gasteiger partial charge on any atom is -0.309 e. The molecule has 9 aromatic carbocycles. The third-order valence-electron chi connectivity index (χ3n) is 10.6. The summed E-state index contributed by atoms with van der Waals surface area (Å²) in [7, 11) is 0. The first-order valence-corrected chi connectivity index (χ1v) is 19.6. The van der Waals surface area contributed by atoms with Crippen LogP contribution in [0.3, 0.4) is 0 Å². The Bertz CT molecular complexity index is 3170. The lowest BCUT2D eigenvalue weighted by Crippen LogP contribution is -2.10. The van der Waals surface area contributed by atoms with Crippen LogP contribution in [0.5, 0.6) is 0 Å². The van der Waals surface area contributed by atoms with Gasteiger partial charge in [0.1, 0.15) is 0 Å². The van der Waals surface area contributed by atoms with Crippen LogP contribution < -0.4 is 4.90 Å². The second-order valence-electron chi connectivity index (χ2n) is 13.6. The Morgan fingerprint density at radius 2 is 0.943 bits per heavy atom. The van der Waals surface area contributed by atoms with Gasteiger partial charge in [-0.25, -0.2) is 0 Å². The average molecular weight is 710 g/mol. The first-order chi connectivity index (χ1) is 26.3. The summed E-state index contributed by atoms with van der Waals surface area (Å²) >= 11 is 3.81. The predicted octanol–water partition coefficient (Wildman–Crippen LogP) is 15.5. The Labute approximate surface area is 315 Å². The van der Waals surface area contributed by atoms with Gasteiger partial charge in [0.2, 0.25) is 0 Å². The van der Waals surface area contributed by atoms with Gasteiger partial charge >= 0.3 is 0 Å². The fourth-order valence-corrected chi connectivity index (χ4v) is 10.8. The summed E-state index contributed by atoms with van der Waals surface area (Å²) in [6.07, 6.45) is 0. The Morgan fingerprint density at radius 1 is 0.340 bits per heavy atom. The van der Waals surface area contributed by atoms with E-state index in [1.165, 1.54) is 95.5 Å². The number of para-hydroxylation sites is 1. The maximum Gasteiger partial charge on any atom is 0.0555 e. The molecule has 11 aromatic rings. The summed E-state index contributed by atoms with van der Waals surface area (Å²) in [6.45, 7) is 0. The maximum absolute atomic E-state index is 2.49. The third kappa shape index (κ3) is 4.75. The van der Waals surface area contributed by atoms with E-state index in [0.717, 1.165) is 5.69 Å². The van der Waals surface area contributed by atoms with E-state index in [1.807, 2.05) is 22.7 Å². The minimum absolute atomic E-state index is 1.14. The average Bonchev–Trinajstić information content (AvgIpc) is 3.81. The zero-order valence-corrected chi connectivity index (χ0v) is 30.3. The van der Waals surface area contributed by atoms with Crippen molar-refractivity contribution in [3.05, 3.63) is 188 Å². The van der Waals surface area contributed by atoms with Crippen LogP contribution in [0.25, 0.3) is 84.1 Å². The number of rotatable bonds is 5. The Kier molecular flexibility index (Phi) is 6.97. The van der Waals surface area contributed by atoms with Crippen LogP contribution in [0.4, 0.5) is 17.1 Å². The lowest BCUT2D eigenvalue weighted by molar-refractivity contribution is 1.32. The van der Waals surface area contributed by atoms with Crippen molar-refractivity contribution in [2.24, 2.45) is 0 Å². The number of benzene rings is 9. The van der Waals surface area contributed by atoms with Gasteiger partial charge in [-0.2, -0.15) is 0 Å². The summed E-state index contributed by atoms with van der Waals surface area (Å²) in [5.41, 5.74) is 8.58. The molecule has 0 atom stereocenters. The number of thiophene rings is 2.